The van der Waals surface area contributed by atoms with Crippen LogP contribution in [0.15, 0.2) is 17.3 Å². The van der Waals surface area contributed by atoms with Crippen molar-refractivity contribution >= 4 is 5.91 Å². The normalized spacial score (nSPS) is 7.12. The molecule has 0 N–H and O–H groups in total. The Morgan fingerprint density at radius 3 is 2.50 bits per heavy atom. The minimum atomic E-state index is -0.604. The summed E-state index contributed by atoms with van der Waals surface area (Å²) in [6.07, 6.45) is 0. The molecule has 0 aliphatic carbocycles. The third-order valence-electron chi connectivity index (χ3n) is 0.501. The molecule has 4 heteroatoms. The summed E-state index contributed by atoms with van der Waals surface area (Å²) < 4.78 is 0. The van der Waals surface area contributed by atoms with Crippen molar-refractivity contribution in [3.05, 3.63) is 22.6 Å². The van der Waals surface area contributed by atoms with Gasteiger partial charge < -0.3 is 0 Å². The molecule has 0 radical (unpaired) electrons. The summed E-state index contributed by atoms with van der Waals surface area (Å²) in [6, 6.07) is 0. The number of rotatable bonds is 1. The first-order valence-electron chi connectivity index (χ1n) is 1.93. The van der Waals surface area contributed by atoms with Crippen molar-refractivity contribution in [2.45, 2.75) is 6.92 Å². The van der Waals surface area contributed by atoms with Gasteiger partial charge in [0.05, 0.1) is 0 Å². The molecule has 1 amide bonds. The summed E-state index contributed by atoms with van der Waals surface area (Å²) >= 11 is 0. The number of hydrogen-bond donors (Lipinski definition) is 0. The van der Waals surface area contributed by atoms with Crippen molar-refractivity contribution in [2.75, 3.05) is 0 Å². The van der Waals surface area contributed by atoms with Gasteiger partial charge >= 0.3 is 0 Å². The van der Waals surface area contributed by atoms with E-state index >= 15 is 0 Å². The zero-order chi connectivity index (χ0) is 6.57. The number of amides is 1. The lowest BCUT2D eigenvalue weighted by Crippen LogP contribution is -1.88. The number of azide groups is 1. The number of carbonyl (C=O) groups excluding carboxylic acids is 1. The Labute approximate surface area is 46.4 Å². The molecule has 0 fully saturated rings. The average Bonchev–Trinajstić information content (AvgIpc) is 1.67. The molecule has 8 heavy (non-hydrogen) atoms. The Morgan fingerprint density at radius 2 is 2.38 bits per heavy atom. The monoisotopic (exact) mass is 111 g/mol. The van der Waals surface area contributed by atoms with Crippen molar-refractivity contribution in [2.24, 2.45) is 5.11 Å². The van der Waals surface area contributed by atoms with Gasteiger partial charge in [0.2, 0.25) is 5.91 Å². The smallest absolute Gasteiger partial charge is 0.244 e. The van der Waals surface area contributed by atoms with Crippen LogP contribution in [0.3, 0.4) is 0 Å². The summed E-state index contributed by atoms with van der Waals surface area (Å²) in [7, 11) is 0. The van der Waals surface area contributed by atoms with E-state index in [1.165, 1.54) is 6.92 Å². The van der Waals surface area contributed by atoms with E-state index in [0.717, 1.165) is 0 Å². The maximum Gasteiger partial charge on any atom is 0.244 e. The minimum Gasteiger partial charge on any atom is -0.287 e. The van der Waals surface area contributed by atoms with Crippen LogP contribution in [0, 0.1) is 0 Å². The van der Waals surface area contributed by atoms with Crippen LogP contribution in [-0.2, 0) is 4.79 Å². The highest BCUT2D eigenvalue weighted by molar-refractivity contribution is 5.92. The third-order valence-corrected chi connectivity index (χ3v) is 0.501. The summed E-state index contributed by atoms with van der Waals surface area (Å²) in [5, 5.41) is 2.77. The van der Waals surface area contributed by atoms with Crippen LogP contribution in [-0.4, -0.2) is 5.91 Å². The van der Waals surface area contributed by atoms with Gasteiger partial charge in [-0.05, 0) is 23.1 Å². The van der Waals surface area contributed by atoms with E-state index in [9.17, 15) is 4.79 Å². The molecule has 0 aliphatic heterocycles. The van der Waals surface area contributed by atoms with Crippen LogP contribution in [0.1, 0.15) is 6.92 Å². The van der Waals surface area contributed by atoms with Crippen LogP contribution in [0.2, 0.25) is 0 Å². The predicted molar refractivity (Wildman–Crippen MR) is 29.0 cm³/mol. The van der Waals surface area contributed by atoms with Crippen molar-refractivity contribution in [3.8, 4) is 0 Å². The molecule has 0 atom stereocenters. The zero-order valence-corrected chi connectivity index (χ0v) is 4.46. The highest BCUT2D eigenvalue weighted by Crippen LogP contribution is 1.89. The maximum atomic E-state index is 10.2. The first kappa shape index (κ1) is 6.72. The van der Waals surface area contributed by atoms with Crippen molar-refractivity contribution < 1.29 is 4.79 Å². The Bertz CT molecular complexity index is 162. The second kappa shape index (κ2) is 2.82. The molecule has 0 saturated carbocycles. The van der Waals surface area contributed by atoms with Gasteiger partial charge in [0, 0.05) is 4.91 Å². The molecule has 42 valence electrons. The molecular weight excluding hydrogens is 106 g/mol. The molecule has 0 aromatic rings. The molecule has 0 bridgehead atoms. The number of carbonyl (C=O) groups is 1. The quantitative estimate of drug-likeness (QED) is 0.218. The first-order valence-corrected chi connectivity index (χ1v) is 1.93. The number of hydrogen-bond acceptors (Lipinski definition) is 1. The van der Waals surface area contributed by atoms with Gasteiger partial charge in [-0.2, -0.15) is 0 Å². The van der Waals surface area contributed by atoms with E-state index in [-0.39, 0.29) is 5.57 Å². The molecule has 4 nitrogen and oxygen atoms in total. The first-order chi connectivity index (χ1) is 3.68. The fraction of sp³-hybridized carbons (Fsp3) is 0.250. The lowest BCUT2D eigenvalue weighted by Gasteiger charge is -1.81. The third kappa shape index (κ3) is 2.00. The van der Waals surface area contributed by atoms with E-state index in [1.807, 2.05) is 0 Å². The molecule has 0 rings (SSSR count). The Morgan fingerprint density at radius 1 is 1.88 bits per heavy atom. The standard InChI is InChI=1S/C4H5N3O/c1-3(2)4(8)6-7-5/h1H2,2H3. The van der Waals surface area contributed by atoms with Gasteiger partial charge in [-0.1, -0.05) is 6.58 Å². The molecule has 0 spiro atoms. The largest absolute Gasteiger partial charge is 0.287 e. The maximum absolute atomic E-state index is 10.2. The zero-order valence-electron chi connectivity index (χ0n) is 4.46. The van der Waals surface area contributed by atoms with Gasteiger partial charge in [0.15, 0.2) is 0 Å². The van der Waals surface area contributed by atoms with Crippen LogP contribution in [0.25, 0.3) is 10.4 Å². The van der Waals surface area contributed by atoms with E-state index in [0.29, 0.717) is 0 Å². The van der Waals surface area contributed by atoms with E-state index in [4.69, 9.17) is 5.53 Å². The van der Waals surface area contributed by atoms with Gasteiger partial charge in [-0.25, -0.2) is 0 Å². The van der Waals surface area contributed by atoms with E-state index < -0.39 is 5.91 Å². The lowest BCUT2D eigenvalue weighted by molar-refractivity contribution is -0.114. The molecule has 0 saturated heterocycles. The SMILES string of the molecule is C=C(C)C(=O)N=[N+]=[N-]. The second-order valence-electron chi connectivity index (χ2n) is 1.27. The topological polar surface area (TPSA) is 65.8 Å². The van der Waals surface area contributed by atoms with Crippen molar-refractivity contribution in [1.82, 2.24) is 0 Å². The summed E-state index contributed by atoms with van der Waals surface area (Å²) in [6.45, 7) is 4.74. The molecule has 0 aliphatic rings. The minimum absolute atomic E-state index is 0.253. The molecule has 0 unspecified atom stereocenters. The Balaban J connectivity index is 4.05. The van der Waals surface area contributed by atoms with Gasteiger partial charge in [0.1, 0.15) is 0 Å². The van der Waals surface area contributed by atoms with Gasteiger partial charge in [-0.3, -0.25) is 4.79 Å². The molecule has 0 heterocycles. The summed E-state index contributed by atoms with van der Waals surface area (Å²) in [4.78, 5) is 12.5. The highest BCUT2D eigenvalue weighted by Gasteiger charge is 1.93. The van der Waals surface area contributed by atoms with Crippen molar-refractivity contribution in [3.63, 3.8) is 0 Å². The van der Waals surface area contributed by atoms with Gasteiger partial charge in [-0.15, -0.1) is 0 Å². The lowest BCUT2D eigenvalue weighted by atomic mass is 10.3. The summed E-state index contributed by atoms with van der Waals surface area (Å²) in [5.41, 5.74) is 7.93. The Hall–Kier alpha value is -1.28. The van der Waals surface area contributed by atoms with Crippen molar-refractivity contribution in [1.29, 1.82) is 0 Å². The second-order valence-corrected chi connectivity index (χ2v) is 1.27. The van der Waals surface area contributed by atoms with Crippen LogP contribution in [0.5, 0.6) is 0 Å². The van der Waals surface area contributed by atoms with Crippen LogP contribution < -0.4 is 0 Å². The summed E-state index contributed by atoms with van der Waals surface area (Å²) in [5.74, 6) is -0.604. The fourth-order valence-corrected chi connectivity index (χ4v) is 0.126. The molecule has 0 aromatic carbocycles. The van der Waals surface area contributed by atoms with Gasteiger partial charge in [0.25, 0.3) is 0 Å². The predicted octanol–water partition coefficient (Wildman–Crippen LogP) is 1.40. The average molecular weight is 111 g/mol. The van der Waals surface area contributed by atoms with E-state index in [2.05, 4.69) is 16.6 Å². The molecule has 0 aromatic heterocycles. The molecular formula is C4H5N3O. The highest BCUT2D eigenvalue weighted by atomic mass is 16.1. The number of nitrogens with zero attached hydrogens (tertiary/aromatic N) is 3. The fourth-order valence-electron chi connectivity index (χ4n) is 0.126. The van der Waals surface area contributed by atoms with Crippen LogP contribution >= 0.6 is 0 Å². The Kier molecular flexibility index (Phi) is 2.37. The van der Waals surface area contributed by atoms with E-state index in [1.54, 1.807) is 0 Å². The van der Waals surface area contributed by atoms with Crippen LogP contribution in [0.4, 0.5) is 0 Å².